The minimum absolute atomic E-state index is 0.0142. The summed E-state index contributed by atoms with van der Waals surface area (Å²) in [6.07, 6.45) is 1.73. The van der Waals surface area contributed by atoms with Crippen LogP contribution in [0.5, 0.6) is 0 Å². The van der Waals surface area contributed by atoms with Gasteiger partial charge in [-0.05, 0) is 74.8 Å². The van der Waals surface area contributed by atoms with Crippen molar-refractivity contribution < 1.29 is 87.5 Å². The lowest BCUT2D eigenvalue weighted by Gasteiger charge is -2.30. The van der Waals surface area contributed by atoms with E-state index in [9.17, 15) is 87.5 Å². The highest BCUT2D eigenvalue weighted by molar-refractivity contribution is 6.01. The first-order chi connectivity index (χ1) is 54.7. The molecule has 115 heavy (non-hydrogen) atoms. The van der Waals surface area contributed by atoms with Gasteiger partial charge in [-0.15, -0.1) is 0 Å². The van der Waals surface area contributed by atoms with E-state index >= 15 is 0 Å². The number of hydrogen-bond donors (Lipinski definition) is 24. The number of hydrogen-bond acceptors (Lipinski definition) is 20. The second-order valence-corrected chi connectivity index (χ2v) is 27.9. The van der Waals surface area contributed by atoms with Crippen LogP contribution in [0.2, 0.25) is 0 Å². The maximum absolute atomic E-state index is 15.0. The van der Waals surface area contributed by atoms with Crippen molar-refractivity contribution in [3.63, 3.8) is 0 Å². The number of benzene rings is 3. The third-order valence-electron chi connectivity index (χ3n) is 18.9. The molecule has 40 nitrogen and oxygen atoms in total. The number of nitrogens with two attached hydrogens (primary N) is 3. The zero-order valence-corrected chi connectivity index (χ0v) is 63.7. The molecule has 3 aromatic carbocycles. The monoisotopic (exact) mass is 1600 g/mol. The van der Waals surface area contributed by atoms with E-state index in [0.717, 1.165) is 13.8 Å². The molecular formula is C75H100N22O18. The summed E-state index contributed by atoms with van der Waals surface area (Å²) in [6, 6.07) is 2.34. The molecule has 0 aliphatic heterocycles. The Balaban J connectivity index is 1.11. The van der Waals surface area contributed by atoms with Crippen LogP contribution in [0.4, 0.5) is 0 Å². The molecule has 4 aromatic heterocycles. The lowest BCUT2D eigenvalue weighted by molar-refractivity contribution is -0.142. The minimum atomic E-state index is -2.13. The second-order valence-electron chi connectivity index (χ2n) is 27.9. The standard InChI is InChI=1S/C75H100N22O18/c1-6-37(2)60(71(111)92-53(26-42-31-83-49-19-12-10-17-46(42)49)67(107)88-52(22-23-58(77)100)65(105)87-38(3)63(103)94-57(74(114)115)25-41-15-8-7-9-16-41)95-66(106)51(21-14-24-82-75(78)79)89-72(112)61(39(4)98)97-70(110)56(30-59(101)102)91-68(108)54(27-43-32-84-50-20-13-11-18-47(43)50)93-73(113)62(40(5)99)96-69(109)55(29-45-34-81-36-86-45)90-64(104)48(76)28-44-33-80-35-85-44/h7-13,15-20,31-40,48,51-57,60-62,83-84,98-99H,6,14,21-30,76H2,1-5H3,(H2,77,100)(H,80,85)(H,81,86)(H,87,105)(H,88,107)(H,89,112)(H,90,104)(H,91,108)(H,92,111)(H,93,113)(H,94,103)(H,95,106)(H,96,109)(H,97,110)(H,101,102)(H,114,115)(H4,78,79,82)/t37-,38-,39+,40+,48-,51-,52-,53-,54-,55-,56-,57-,60-,61-,62-/m0/s1. The number of guanidine groups is 1. The van der Waals surface area contributed by atoms with Gasteiger partial charge < -0.3 is 121 Å². The topological polar surface area (TPSA) is 655 Å². The smallest absolute Gasteiger partial charge is 0.326 e. The maximum Gasteiger partial charge on any atom is 0.326 e. The highest BCUT2D eigenvalue weighted by Gasteiger charge is 2.40. The molecule has 12 amide bonds. The lowest BCUT2D eigenvalue weighted by Crippen LogP contribution is -2.63. The molecule has 618 valence electrons. The molecule has 0 saturated carbocycles. The largest absolute Gasteiger partial charge is 0.481 e. The SMILES string of the molecule is CC[C@H](C)[C@H](NC(=O)[C@H](CCCNC(=N)N)NC(=O)[C@@H](NC(=O)[C@H](CC(=O)O)NC(=O)[C@H](Cc1c[nH]c2ccccc12)NC(=O)[C@@H](NC(=O)[C@H](Cc1cnc[nH]1)NC(=O)[C@@H](N)Cc1cnc[nH]1)[C@@H](C)O)[C@@H](C)O)C(=O)N[C@@H](Cc1c[nH]c2ccccc12)C(=O)N[C@@H](CCC(N)=O)C(=O)N[C@@H](C)C(=O)N[C@@H](Cc1ccccc1)C(=O)O. The van der Waals surface area contributed by atoms with E-state index in [1.165, 1.54) is 38.2 Å². The highest BCUT2D eigenvalue weighted by atomic mass is 16.4. The molecular weight excluding hydrogens is 1500 g/mol. The molecule has 0 aliphatic carbocycles. The number of carboxylic acid groups (broad SMARTS) is 2. The van der Waals surface area contributed by atoms with E-state index in [2.05, 4.69) is 93.7 Å². The molecule has 7 aromatic rings. The molecule has 0 aliphatic rings. The van der Waals surface area contributed by atoms with Crippen LogP contribution in [0.1, 0.15) is 101 Å². The first-order valence-electron chi connectivity index (χ1n) is 37.0. The van der Waals surface area contributed by atoms with Gasteiger partial charge in [0, 0.05) is 103 Å². The molecule has 0 bridgehead atoms. The number of carbonyl (C=O) groups is 14. The summed E-state index contributed by atoms with van der Waals surface area (Å²) in [4.78, 5) is 215. The van der Waals surface area contributed by atoms with E-state index < -0.39 is 205 Å². The minimum Gasteiger partial charge on any atom is -0.481 e. The predicted molar refractivity (Wildman–Crippen MR) is 414 cm³/mol. The first-order valence-corrected chi connectivity index (χ1v) is 37.0. The number of para-hydroxylation sites is 2. The van der Waals surface area contributed by atoms with E-state index in [4.69, 9.17) is 22.6 Å². The first kappa shape index (κ1) is 89.1. The number of H-pyrrole nitrogens is 4. The number of fused-ring (bicyclic) bond motifs is 2. The number of rotatable bonds is 46. The van der Waals surface area contributed by atoms with Crippen LogP contribution in [0.25, 0.3) is 21.8 Å². The number of carboxylic acids is 2. The van der Waals surface area contributed by atoms with Crippen molar-refractivity contribution >= 4 is 111 Å². The van der Waals surface area contributed by atoms with Crippen LogP contribution in [-0.4, -0.2) is 230 Å². The predicted octanol–water partition coefficient (Wildman–Crippen LogP) is -3.82. The number of aromatic nitrogens is 6. The molecule has 27 N–H and O–H groups in total. The van der Waals surface area contributed by atoms with Crippen LogP contribution in [-0.2, 0) is 99.2 Å². The van der Waals surface area contributed by atoms with Gasteiger partial charge in [-0.3, -0.25) is 67.7 Å². The molecule has 0 spiro atoms. The van der Waals surface area contributed by atoms with Crippen molar-refractivity contribution in [3.05, 3.63) is 144 Å². The van der Waals surface area contributed by atoms with Crippen LogP contribution in [0.15, 0.2) is 116 Å². The molecule has 4 heterocycles. The van der Waals surface area contributed by atoms with E-state index in [1.807, 2.05) is 0 Å². The highest BCUT2D eigenvalue weighted by Crippen LogP contribution is 2.23. The van der Waals surface area contributed by atoms with Gasteiger partial charge in [-0.2, -0.15) is 0 Å². The zero-order valence-electron chi connectivity index (χ0n) is 63.7. The Labute approximate surface area is 658 Å². The Morgan fingerprint density at radius 1 is 0.461 bits per heavy atom. The van der Waals surface area contributed by atoms with Gasteiger partial charge in [-0.1, -0.05) is 87.0 Å². The molecule has 0 unspecified atom stereocenters. The number of carbonyl (C=O) groups excluding carboxylic acids is 12. The molecule has 0 saturated heterocycles. The number of aliphatic hydroxyl groups excluding tert-OH is 2. The fourth-order valence-electron chi connectivity index (χ4n) is 12.4. The Kier molecular flexibility index (Phi) is 33.4. The third-order valence-corrected chi connectivity index (χ3v) is 18.9. The normalized spacial score (nSPS) is 15.2. The van der Waals surface area contributed by atoms with E-state index in [-0.39, 0.29) is 51.5 Å². The van der Waals surface area contributed by atoms with E-state index in [1.54, 1.807) is 98.9 Å². The van der Waals surface area contributed by atoms with Crippen molar-refractivity contribution in [2.75, 3.05) is 6.54 Å². The average molecular weight is 1600 g/mol. The number of aliphatic hydroxyl groups is 2. The molecule has 7 rings (SSSR count). The number of aliphatic carboxylic acids is 2. The van der Waals surface area contributed by atoms with Gasteiger partial charge in [-0.25, -0.2) is 14.8 Å². The van der Waals surface area contributed by atoms with Crippen LogP contribution in [0.3, 0.4) is 0 Å². The summed E-state index contributed by atoms with van der Waals surface area (Å²) in [5.41, 5.74) is 20.8. The zero-order chi connectivity index (χ0) is 84.2. The van der Waals surface area contributed by atoms with Crippen molar-refractivity contribution in [2.45, 2.75) is 190 Å². The summed E-state index contributed by atoms with van der Waals surface area (Å²) < 4.78 is 0. The summed E-state index contributed by atoms with van der Waals surface area (Å²) >= 11 is 0. The quantitative estimate of drug-likeness (QED) is 0.00988. The Morgan fingerprint density at radius 2 is 0.887 bits per heavy atom. The van der Waals surface area contributed by atoms with Crippen LogP contribution >= 0.6 is 0 Å². The van der Waals surface area contributed by atoms with Gasteiger partial charge in [0.1, 0.15) is 66.5 Å². The van der Waals surface area contributed by atoms with Gasteiger partial charge in [0.15, 0.2) is 5.96 Å². The molecule has 0 fully saturated rings. The summed E-state index contributed by atoms with van der Waals surface area (Å²) in [5, 5.41) is 81.3. The van der Waals surface area contributed by atoms with Crippen molar-refractivity contribution in [1.82, 2.24) is 93.7 Å². The molecule has 15 atom stereocenters. The summed E-state index contributed by atoms with van der Waals surface area (Å²) in [7, 11) is 0. The number of imidazole rings is 2. The summed E-state index contributed by atoms with van der Waals surface area (Å²) in [6.45, 7) is 6.65. The fraction of sp³-hybridized carbons (Fsp3) is 0.427. The maximum atomic E-state index is 15.0. The summed E-state index contributed by atoms with van der Waals surface area (Å²) in [5.74, 6) is -17.0. The average Bonchev–Trinajstić information content (AvgIpc) is 1.68. The number of nitrogens with one attached hydrogen (secondary N) is 17. The second kappa shape index (κ2) is 43.1. The fourth-order valence-corrected chi connectivity index (χ4v) is 12.4. The lowest BCUT2D eigenvalue weighted by atomic mass is 9.96. The number of amides is 12. The Hall–Kier alpha value is -13.1. The number of primary amides is 1. The molecule has 40 heteroatoms. The van der Waals surface area contributed by atoms with Crippen LogP contribution < -0.4 is 81.0 Å². The Morgan fingerprint density at radius 3 is 1.38 bits per heavy atom. The van der Waals surface area contributed by atoms with Gasteiger partial charge in [0.25, 0.3) is 0 Å². The number of aromatic amines is 4. The van der Waals surface area contributed by atoms with Crippen molar-refractivity contribution in [2.24, 2.45) is 23.1 Å². The number of nitrogens with zero attached hydrogens (tertiary/aromatic N) is 2. The van der Waals surface area contributed by atoms with E-state index in [0.29, 0.717) is 49.9 Å². The van der Waals surface area contributed by atoms with Crippen molar-refractivity contribution in [3.8, 4) is 0 Å². The van der Waals surface area contributed by atoms with Crippen molar-refractivity contribution in [1.29, 1.82) is 5.41 Å². The third kappa shape index (κ3) is 27.1. The van der Waals surface area contributed by atoms with Gasteiger partial charge in [0.05, 0.1) is 37.3 Å². The van der Waals surface area contributed by atoms with Gasteiger partial charge >= 0.3 is 11.9 Å². The van der Waals surface area contributed by atoms with Crippen LogP contribution in [0, 0.1) is 11.3 Å². The Bertz CT molecular complexity index is 4530. The van der Waals surface area contributed by atoms with Gasteiger partial charge in [0.2, 0.25) is 70.9 Å². The molecule has 0 radical (unpaired) electrons.